The molecule has 2 rings (SSSR count). The molecule has 0 saturated heterocycles. The van der Waals surface area contributed by atoms with Gasteiger partial charge in [-0.1, -0.05) is 35.9 Å². The van der Waals surface area contributed by atoms with Gasteiger partial charge in [-0.05, 0) is 44.0 Å². The Labute approximate surface area is 143 Å². The SMILES string of the molecule is CC(=O)N(CC(=O)N(C)c1ccccc1)c1c(C)cc(C)cc1C. The molecule has 0 fully saturated rings. The van der Waals surface area contributed by atoms with Crippen LogP contribution in [0.1, 0.15) is 23.6 Å². The molecule has 0 bridgehead atoms. The predicted molar refractivity (Wildman–Crippen MR) is 98.5 cm³/mol. The Bertz CT molecular complexity index is 730. The van der Waals surface area contributed by atoms with Crippen LogP contribution in [0.5, 0.6) is 0 Å². The Morgan fingerprint density at radius 3 is 2.00 bits per heavy atom. The molecule has 0 aliphatic rings. The van der Waals surface area contributed by atoms with Crippen LogP contribution in [0.3, 0.4) is 0 Å². The van der Waals surface area contributed by atoms with Crippen molar-refractivity contribution in [2.45, 2.75) is 27.7 Å². The number of nitrogens with zero attached hydrogens (tertiary/aromatic N) is 2. The number of carbonyl (C=O) groups is 2. The molecular weight excluding hydrogens is 300 g/mol. The van der Waals surface area contributed by atoms with Crippen molar-refractivity contribution in [3.63, 3.8) is 0 Å². The van der Waals surface area contributed by atoms with Crippen LogP contribution in [0.25, 0.3) is 0 Å². The van der Waals surface area contributed by atoms with Crippen molar-refractivity contribution in [1.82, 2.24) is 0 Å². The van der Waals surface area contributed by atoms with Crippen LogP contribution in [0.15, 0.2) is 42.5 Å². The van der Waals surface area contributed by atoms with Crippen LogP contribution in [-0.2, 0) is 9.59 Å². The molecular formula is C20H24N2O2. The lowest BCUT2D eigenvalue weighted by molar-refractivity contribution is -0.121. The van der Waals surface area contributed by atoms with E-state index in [-0.39, 0.29) is 18.4 Å². The number of para-hydroxylation sites is 1. The number of hydrogen-bond donors (Lipinski definition) is 0. The summed E-state index contributed by atoms with van der Waals surface area (Å²) in [6.45, 7) is 7.48. The predicted octanol–water partition coefficient (Wildman–Crippen LogP) is 3.63. The first-order chi connectivity index (χ1) is 11.3. The fourth-order valence-corrected chi connectivity index (χ4v) is 2.98. The first-order valence-corrected chi connectivity index (χ1v) is 7.99. The summed E-state index contributed by atoms with van der Waals surface area (Å²) >= 11 is 0. The number of anilines is 2. The van der Waals surface area contributed by atoms with Crippen molar-refractivity contribution in [1.29, 1.82) is 0 Å². The highest BCUT2D eigenvalue weighted by atomic mass is 16.2. The molecule has 0 atom stereocenters. The topological polar surface area (TPSA) is 40.6 Å². The molecule has 2 aromatic rings. The molecule has 0 aromatic heterocycles. The van der Waals surface area contributed by atoms with Crippen LogP contribution in [-0.4, -0.2) is 25.4 Å². The summed E-state index contributed by atoms with van der Waals surface area (Å²) in [5.41, 5.74) is 4.77. The van der Waals surface area contributed by atoms with E-state index in [4.69, 9.17) is 0 Å². The number of rotatable bonds is 4. The largest absolute Gasteiger partial charge is 0.314 e. The fourth-order valence-electron chi connectivity index (χ4n) is 2.98. The van der Waals surface area contributed by atoms with E-state index >= 15 is 0 Å². The lowest BCUT2D eigenvalue weighted by atomic mass is 10.0. The van der Waals surface area contributed by atoms with Gasteiger partial charge in [-0.15, -0.1) is 0 Å². The fraction of sp³-hybridized carbons (Fsp3) is 0.300. The maximum atomic E-state index is 12.7. The van der Waals surface area contributed by atoms with Gasteiger partial charge in [-0.3, -0.25) is 9.59 Å². The smallest absolute Gasteiger partial charge is 0.246 e. The van der Waals surface area contributed by atoms with E-state index in [0.29, 0.717) is 0 Å². The quantitative estimate of drug-likeness (QED) is 0.862. The maximum absolute atomic E-state index is 12.7. The summed E-state index contributed by atoms with van der Waals surface area (Å²) in [6.07, 6.45) is 0. The van der Waals surface area contributed by atoms with Gasteiger partial charge in [-0.2, -0.15) is 0 Å². The Hall–Kier alpha value is -2.62. The molecule has 0 spiro atoms. The van der Waals surface area contributed by atoms with Gasteiger partial charge in [-0.25, -0.2) is 0 Å². The number of aryl methyl sites for hydroxylation is 3. The van der Waals surface area contributed by atoms with Crippen molar-refractivity contribution < 1.29 is 9.59 Å². The van der Waals surface area contributed by atoms with E-state index in [1.165, 1.54) is 6.92 Å². The second-order valence-corrected chi connectivity index (χ2v) is 6.14. The van der Waals surface area contributed by atoms with Crippen molar-refractivity contribution in [3.05, 3.63) is 59.2 Å². The Balaban J connectivity index is 2.30. The van der Waals surface area contributed by atoms with Crippen LogP contribution < -0.4 is 9.80 Å². The lowest BCUT2D eigenvalue weighted by Gasteiger charge is -2.27. The van der Waals surface area contributed by atoms with Crippen molar-refractivity contribution in [3.8, 4) is 0 Å². The molecule has 0 unspecified atom stereocenters. The summed E-state index contributed by atoms with van der Waals surface area (Å²) in [6, 6.07) is 13.5. The van der Waals surface area contributed by atoms with Crippen LogP contribution in [0, 0.1) is 20.8 Å². The second kappa shape index (κ2) is 7.30. The second-order valence-electron chi connectivity index (χ2n) is 6.14. The van der Waals surface area contributed by atoms with E-state index < -0.39 is 0 Å². The molecule has 0 heterocycles. The van der Waals surface area contributed by atoms with Gasteiger partial charge in [0.2, 0.25) is 11.8 Å². The highest BCUT2D eigenvalue weighted by Gasteiger charge is 2.22. The molecule has 2 aromatic carbocycles. The average molecular weight is 324 g/mol. The molecule has 126 valence electrons. The molecule has 0 aliphatic heterocycles. The van der Waals surface area contributed by atoms with E-state index in [9.17, 15) is 9.59 Å². The normalized spacial score (nSPS) is 10.4. The minimum atomic E-state index is -0.139. The summed E-state index contributed by atoms with van der Waals surface area (Å²) in [5.74, 6) is -0.268. The monoisotopic (exact) mass is 324 g/mol. The van der Waals surface area contributed by atoms with Crippen LogP contribution in [0.4, 0.5) is 11.4 Å². The van der Waals surface area contributed by atoms with E-state index in [1.54, 1.807) is 16.8 Å². The molecule has 0 aliphatic carbocycles. The summed E-state index contributed by atoms with van der Waals surface area (Å²) in [7, 11) is 1.73. The third kappa shape index (κ3) is 3.82. The number of amides is 2. The zero-order chi connectivity index (χ0) is 17.9. The first-order valence-electron chi connectivity index (χ1n) is 7.99. The number of hydrogen-bond acceptors (Lipinski definition) is 2. The highest BCUT2D eigenvalue weighted by molar-refractivity contribution is 6.03. The zero-order valence-electron chi connectivity index (χ0n) is 15.0. The molecule has 0 radical (unpaired) electrons. The van der Waals surface area contributed by atoms with E-state index in [2.05, 4.69) is 0 Å². The minimum absolute atomic E-state index is 0.0193. The van der Waals surface area contributed by atoms with Gasteiger partial charge in [0.1, 0.15) is 6.54 Å². The molecule has 4 heteroatoms. The van der Waals surface area contributed by atoms with Crippen molar-refractivity contribution >= 4 is 23.2 Å². The lowest BCUT2D eigenvalue weighted by Crippen LogP contribution is -2.41. The maximum Gasteiger partial charge on any atom is 0.246 e. The Kier molecular flexibility index (Phi) is 5.39. The molecule has 4 nitrogen and oxygen atoms in total. The number of likely N-dealkylation sites (N-methyl/N-ethyl adjacent to an activating group) is 1. The molecule has 0 saturated carbocycles. The van der Waals surface area contributed by atoms with E-state index in [1.807, 2.05) is 63.2 Å². The first kappa shape index (κ1) is 17.7. The van der Waals surface area contributed by atoms with Gasteiger partial charge < -0.3 is 9.80 Å². The van der Waals surface area contributed by atoms with Crippen molar-refractivity contribution in [2.75, 3.05) is 23.4 Å². The van der Waals surface area contributed by atoms with Gasteiger partial charge in [0.25, 0.3) is 0 Å². The minimum Gasteiger partial charge on any atom is -0.314 e. The summed E-state index contributed by atoms with van der Waals surface area (Å²) in [5, 5.41) is 0. The molecule has 2 amide bonds. The highest BCUT2D eigenvalue weighted by Crippen LogP contribution is 2.27. The Morgan fingerprint density at radius 1 is 0.958 bits per heavy atom. The van der Waals surface area contributed by atoms with Crippen LogP contribution >= 0.6 is 0 Å². The van der Waals surface area contributed by atoms with Gasteiger partial charge in [0, 0.05) is 19.7 Å². The molecule has 0 N–H and O–H groups in total. The van der Waals surface area contributed by atoms with E-state index in [0.717, 1.165) is 28.1 Å². The number of carbonyl (C=O) groups excluding carboxylic acids is 2. The van der Waals surface area contributed by atoms with Gasteiger partial charge in [0.15, 0.2) is 0 Å². The Morgan fingerprint density at radius 2 is 1.50 bits per heavy atom. The van der Waals surface area contributed by atoms with Gasteiger partial charge >= 0.3 is 0 Å². The zero-order valence-corrected chi connectivity index (χ0v) is 15.0. The third-order valence-corrected chi connectivity index (χ3v) is 4.10. The standard InChI is InChI=1S/C20H24N2O2/c1-14-11-15(2)20(16(3)12-14)22(17(4)23)13-19(24)21(5)18-9-7-6-8-10-18/h6-12H,13H2,1-5H3. The van der Waals surface area contributed by atoms with Crippen LogP contribution in [0.2, 0.25) is 0 Å². The summed E-state index contributed by atoms with van der Waals surface area (Å²) in [4.78, 5) is 28.0. The van der Waals surface area contributed by atoms with Crippen molar-refractivity contribution in [2.24, 2.45) is 0 Å². The molecule has 24 heavy (non-hydrogen) atoms. The van der Waals surface area contributed by atoms with Gasteiger partial charge in [0.05, 0.1) is 5.69 Å². The summed E-state index contributed by atoms with van der Waals surface area (Å²) < 4.78 is 0. The third-order valence-electron chi connectivity index (χ3n) is 4.10. The average Bonchev–Trinajstić information content (AvgIpc) is 2.52. The number of benzene rings is 2.